The molecule has 2 N–H and O–H groups in total. The van der Waals surface area contributed by atoms with Crippen molar-refractivity contribution in [1.29, 1.82) is 0 Å². The molecule has 0 bridgehead atoms. The molecule has 1 nitrogen and oxygen atoms in total. The average molecular weight is 242 g/mol. The van der Waals surface area contributed by atoms with Crippen molar-refractivity contribution in [3.63, 3.8) is 0 Å². The van der Waals surface area contributed by atoms with E-state index in [4.69, 9.17) is 17.3 Å². The van der Waals surface area contributed by atoms with Crippen LogP contribution in [-0.2, 0) is 0 Å². The Hall–Kier alpha value is -0.380. The van der Waals surface area contributed by atoms with Gasteiger partial charge in [0.1, 0.15) is 0 Å². The lowest BCUT2D eigenvalue weighted by atomic mass is 10.1. The molecule has 1 atom stereocenters. The lowest BCUT2D eigenvalue weighted by Gasteiger charge is -2.11. The summed E-state index contributed by atoms with van der Waals surface area (Å²) in [6.07, 6.45) is -2.71. The van der Waals surface area contributed by atoms with Crippen molar-refractivity contribution in [3.05, 3.63) is 34.9 Å². The van der Waals surface area contributed by atoms with E-state index < -0.39 is 12.5 Å². The summed E-state index contributed by atoms with van der Waals surface area (Å²) in [5.74, 6) is 0. The van der Waals surface area contributed by atoms with Crippen LogP contribution < -0.4 is 5.73 Å². The fourth-order valence-corrected chi connectivity index (χ4v) is 1.26. The van der Waals surface area contributed by atoms with E-state index in [1.54, 1.807) is 24.3 Å². The molecule has 0 aliphatic heterocycles. The first-order valence-corrected chi connectivity index (χ1v) is 4.26. The van der Waals surface area contributed by atoms with E-state index in [0.29, 0.717) is 10.6 Å². The number of benzene rings is 1. The highest BCUT2D eigenvalue weighted by molar-refractivity contribution is 6.30. The highest BCUT2D eigenvalue weighted by Gasteiger charge is 2.12. The minimum Gasteiger partial charge on any atom is -0.324 e. The Morgan fingerprint density at radius 1 is 1.36 bits per heavy atom. The smallest absolute Gasteiger partial charge is 0.240 e. The summed E-state index contributed by atoms with van der Waals surface area (Å²) in [4.78, 5) is 0. The van der Waals surface area contributed by atoms with Gasteiger partial charge in [0.05, 0.1) is 0 Å². The van der Waals surface area contributed by atoms with Crippen molar-refractivity contribution >= 4 is 24.0 Å². The third-order valence-electron chi connectivity index (χ3n) is 1.71. The maximum atomic E-state index is 12.0. The normalized spacial score (nSPS) is 12.4. The molecule has 0 saturated carbocycles. The molecule has 1 aromatic rings. The number of hydrogen-bond acceptors (Lipinski definition) is 1. The van der Waals surface area contributed by atoms with E-state index in [0.717, 1.165) is 0 Å². The SMILES string of the molecule is Cl.N[C@H](CC(F)F)c1cccc(Cl)c1. The molecule has 0 heterocycles. The van der Waals surface area contributed by atoms with Gasteiger partial charge in [-0.3, -0.25) is 0 Å². The van der Waals surface area contributed by atoms with Gasteiger partial charge >= 0.3 is 0 Å². The Bertz CT molecular complexity index is 281. The lowest BCUT2D eigenvalue weighted by Crippen LogP contribution is -2.13. The standard InChI is InChI=1S/C9H10ClF2N.ClH/c10-7-3-1-2-6(4-7)8(13)5-9(11)12;/h1-4,8-9H,5,13H2;1H/t8-;/m1./s1. The molecule has 80 valence electrons. The van der Waals surface area contributed by atoms with E-state index in [9.17, 15) is 8.78 Å². The van der Waals surface area contributed by atoms with Gasteiger partial charge in [-0.1, -0.05) is 23.7 Å². The molecule has 0 fully saturated rings. The highest BCUT2D eigenvalue weighted by atomic mass is 35.5. The van der Waals surface area contributed by atoms with Crippen LogP contribution in [-0.4, -0.2) is 6.43 Å². The largest absolute Gasteiger partial charge is 0.324 e. The Labute approximate surface area is 92.7 Å². The Kier molecular flexibility index (Phi) is 6.00. The molecular weight excluding hydrogens is 231 g/mol. The highest BCUT2D eigenvalue weighted by Crippen LogP contribution is 2.20. The predicted molar refractivity (Wildman–Crippen MR) is 56.2 cm³/mol. The zero-order chi connectivity index (χ0) is 9.84. The number of alkyl halides is 2. The number of halogens is 4. The fourth-order valence-electron chi connectivity index (χ4n) is 1.07. The first-order chi connectivity index (χ1) is 6.09. The van der Waals surface area contributed by atoms with Crippen molar-refractivity contribution in [2.75, 3.05) is 0 Å². The van der Waals surface area contributed by atoms with Crippen LogP contribution in [0.1, 0.15) is 18.0 Å². The van der Waals surface area contributed by atoms with Crippen LogP contribution in [0.15, 0.2) is 24.3 Å². The van der Waals surface area contributed by atoms with E-state index in [2.05, 4.69) is 0 Å². The maximum absolute atomic E-state index is 12.0. The van der Waals surface area contributed by atoms with E-state index in [-0.39, 0.29) is 18.8 Å². The topological polar surface area (TPSA) is 26.0 Å². The number of nitrogens with two attached hydrogens (primary N) is 1. The third-order valence-corrected chi connectivity index (χ3v) is 1.94. The van der Waals surface area contributed by atoms with Gasteiger partial charge in [-0.05, 0) is 17.7 Å². The molecule has 0 spiro atoms. The molecule has 0 radical (unpaired) electrons. The Balaban J connectivity index is 0.00000169. The van der Waals surface area contributed by atoms with Crippen LogP contribution in [0.4, 0.5) is 8.78 Å². The quantitative estimate of drug-likeness (QED) is 0.863. The van der Waals surface area contributed by atoms with E-state index in [1.807, 2.05) is 0 Å². The summed E-state index contributed by atoms with van der Waals surface area (Å²) in [5.41, 5.74) is 6.17. The molecule has 1 rings (SSSR count). The lowest BCUT2D eigenvalue weighted by molar-refractivity contribution is 0.128. The molecule has 5 heteroatoms. The van der Waals surface area contributed by atoms with Crippen molar-refractivity contribution in [1.82, 2.24) is 0 Å². The minimum absolute atomic E-state index is 0. The van der Waals surface area contributed by atoms with Gasteiger partial charge in [0.2, 0.25) is 6.43 Å². The van der Waals surface area contributed by atoms with Gasteiger partial charge in [-0.25, -0.2) is 8.78 Å². The zero-order valence-corrected chi connectivity index (χ0v) is 8.86. The van der Waals surface area contributed by atoms with Gasteiger partial charge in [0.25, 0.3) is 0 Å². The summed E-state index contributed by atoms with van der Waals surface area (Å²) < 4.78 is 23.9. The van der Waals surface area contributed by atoms with Gasteiger partial charge in [0.15, 0.2) is 0 Å². The first-order valence-electron chi connectivity index (χ1n) is 3.89. The zero-order valence-electron chi connectivity index (χ0n) is 7.29. The van der Waals surface area contributed by atoms with E-state index >= 15 is 0 Å². The molecule has 0 unspecified atom stereocenters. The van der Waals surface area contributed by atoms with Crippen LogP contribution in [0.25, 0.3) is 0 Å². The minimum atomic E-state index is -2.38. The monoisotopic (exact) mass is 241 g/mol. The van der Waals surface area contributed by atoms with Crippen molar-refractivity contribution in [2.24, 2.45) is 5.73 Å². The molecule has 1 aromatic carbocycles. The summed E-state index contributed by atoms with van der Waals surface area (Å²) in [5, 5.41) is 0.516. The molecule has 0 aliphatic rings. The average Bonchev–Trinajstić information content (AvgIpc) is 2.03. The van der Waals surface area contributed by atoms with E-state index in [1.165, 1.54) is 0 Å². The number of hydrogen-bond donors (Lipinski definition) is 1. The van der Waals surface area contributed by atoms with Crippen LogP contribution in [0.2, 0.25) is 5.02 Å². The predicted octanol–water partition coefficient (Wildman–Crippen LogP) is 3.42. The molecule has 14 heavy (non-hydrogen) atoms. The summed E-state index contributed by atoms with van der Waals surface area (Å²) in [7, 11) is 0. The van der Waals surface area contributed by atoms with Crippen molar-refractivity contribution < 1.29 is 8.78 Å². The molecular formula is C9H11Cl2F2N. The second kappa shape index (κ2) is 6.17. The Morgan fingerprint density at radius 2 is 2.00 bits per heavy atom. The third kappa shape index (κ3) is 4.22. The van der Waals surface area contributed by atoms with Gasteiger partial charge in [-0.2, -0.15) is 0 Å². The van der Waals surface area contributed by atoms with Crippen molar-refractivity contribution in [2.45, 2.75) is 18.9 Å². The van der Waals surface area contributed by atoms with Crippen LogP contribution in [0, 0.1) is 0 Å². The second-order valence-electron chi connectivity index (χ2n) is 2.79. The van der Waals surface area contributed by atoms with Crippen LogP contribution in [0.3, 0.4) is 0 Å². The van der Waals surface area contributed by atoms with Gasteiger partial charge in [-0.15, -0.1) is 12.4 Å². The van der Waals surface area contributed by atoms with Gasteiger partial charge in [0, 0.05) is 17.5 Å². The molecule has 0 aliphatic carbocycles. The Morgan fingerprint density at radius 3 is 2.50 bits per heavy atom. The fraction of sp³-hybridized carbons (Fsp3) is 0.333. The summed E-state index contributed by atoms with van der Waals surface area (Å²) in [6.45, 7) is 0. The first kappa shape index (κ1) is 13.6. The molecule has 0 amide bonds. The van der Waals surface area contributed by atoms with Crippen LogP contribution >= 0.6 is 24.0 Å². The maximum Gasteiger partial charge on any atom is 0.240 e. The molecule has 0 saturated heterocycles. The summed E-state index contributed by atoms with van der Waals surface area (Å²) in [6, 6.07) is 6.04. The van der Waals surface area contributed by atoms with Crippen LogP contribution in [0.5, 0.6) is 0 Å². The second-order valence-corrected chi connectivity index (χ2v) is 3.22. The summed E-state index contributed by atoms with van der Waals surface area (Å²) >= 11 is 5.68. The van der Waals surface area contributed by atoms with Crippen molar-refractivity contribution in [3.8, 4) is 0 Å². The number of rotatable bonds is 3. The molecule has 0 aromatic heterocycles. The van der Waals surface area contributed by atoms with Gasteiger partial charge < -0.3 is 5.73 Å².